The van der Waals surface area contributed by atoms with Gasteiger partial charge in [-0.1, -0.05) is 0 Å². The maximum atomic E-state index is 11.7. The minimum atomic E-state index is -4.29. The van der Waals surface area contributed by atoms with E-state index >= 15 is 0 Å². The molecule has 1 saturated heterocycles. The minimum absolute atomic E-state index is 0.0523. The Morgan fingerprint density at radius 3 is 2.88 bits per heavy atom. The van der Waals surface area contributed by atoms with Crippen molar-refractivity contribution in [3.05, 3.63) is 0 Å². The smallest absolute Gasteiger partial charge is 0.371 e. The average Bonchev–Trinajstić information content (AvgIpc) is 2.42. The molecule has 100 valence electrons. The Bertz CT molecular complexity index is 246. The standard InChI is InChI=1S/C10H17F3N2O2/c11-10(12,13)7-17-6-5-14-8-3-1-2-4-15-9(8)16/h8,14H,1-7H2,(H,15,16). The van der Waals surface area contributed by atoms with Gasteiger partial charge in [-0.25, -0.2) is 0 Å². The Morgan fingerprint density at radius 2 is 2.18 bits per heavy atom. The summed E-state index contributed by atoms with van der Waals surface area (Å²) in [5, 5.41) is 5.63. The Kier molecular flexibility index (Phi) is 5.70. The summed E-state index contributed by atoms with van der Waals surface area (Å²) < 4.78 is 39.7. The van der Waals surface area contributed by atoms with Crippen LogP contribution in [-0.4, -0.2) is 44.4 Å². The van der Waals surface area contributed by atoms with E-state index in [-0.39, 0.29) is 25.1 Å². The fourth-order valence-corrected chi connectivity index (χ4v) is 1.63. The third kappa shape index (κ3) is 6.48. The van der Waals surface area contributed by atoms with Gasteiger partial charge in [-0.15, -0.1) is 0 Å². The highest BCUT2D eigenvalue weighted by molar-refractivity contribution is 5.81. The van der Waals surface area contributed by atoms with Crippen LogP contribution < -0.4 is 10.6 Å². The number of halogens is 3. The van der Waals surface area contributed by atoms with Crippen molar-refractivity contribution in [1.29, 1.82) is 0 Å². The van der Waals surface area contributed by atoms with Crippen LogP contribution in [0.2, 0.25) is 0 Å². The third-order valence-corrected chi connectivity index (χ3v) is 2.44. The lowest BCUT2D eigenvalue weighted by Gasteiger charge is -2.15. The number of hydrogen-bond donors (Lipinski definition) is 2. The molecule has 1 aliphatic heterocycles. The predicted molar refractivity (Wildman–Crippen MR) is 55.5 cm³/mol. The van der Waals surface area contributed by atoms with Gasteiger partial charge in [-0.05, 0) is 19.3 Å². The van der Waals surface area contributed by atoms with Crippen molar-refractivity contribution in [2.24, 2.45) is 0 Å². The Balaban J connectivity index is 2.10. The van der Waals surface area contributed by atoms with Gasteiger partial charge in [0.15, 0.2) is 0 Å². The summed E-state index contributed by atoms with van der Waals surface area (Å²) in [6.07, 6.45) is -1.71. The van der Waals surface area contributed by atoms with Crippen LogP contribution in [-0.2, 0) is 9.53 Å². The largest absolute Gasteiger partial charge is 0.411 e. The first-order valence-electron chi connectivity index (χ1n) is 5.64. The second kappa shape index (κ2) is 6.80. The summed E-state index contributed by atoms with van der Waals surface area (Å²) in [6, 6.07) is -0.313. The molecule has 0 bridgehead atoms. The summed E-state index contributed by atoms with van der Waals surface area (Å²) in [5.74, 6) is -0.0849. The fourth-order valence-electron chi connectivity index (χ4n) is 1.63. The van der Waals surface area contributed by atoms with Gasteiger partial charge in [0.2, 0.25) is 5.91 Å². The zero-order chi connectivity index (χ0) is 12.7. The molecule has 1 heterocycles. The molecule has 1 amide bonds. The van der Waals surface area contributed by atoms with E-state index in [2.05, 4.69) is 15.4 Å². The van der Waals surface area contributed by atoms with Gasteiger partial charge in [0.25, 0.3) is 0 Å². The summed E-state index contributed by atoms with van der Waals surface area (Å²) >= 11 is 0. The first-order valence-corrected chi connectivity index (χ1v) is 5.64. The fraction of sp³-hybridized carbons (Fsp3) is 0.900. The predicted octanol–water partition coefficient (Wildman–Crippen LogP) is 0.824. The molecule has 7 heteroatoms. The molecular formula is C10H17F3N2O2. The van der Waals surface area contributed by atoms with Gasteiger partial charge in [0, 0.05) is 13.1 Å². The lowest BCUT2D eigenvalue weighted by molar-refractivity contribution is -0.173. The summed E-state index contributed by atoms with van der Waals surface area (Å²) in [6.45, 7) is -0.384. The van der Waals surface area contributed by atoms with Crippen molar-refractivity contribution in [3.8, 4) is 0 Å². The Morgan fingerprint density at radius 1 is 1.41 bits per heavy atom. The molecule has 0 aromatic rings. The van der Waals surface area contributed by atoms with E-state index in [1.165, 1.54) is 0 Å². The lowest BCUT2D eigenvalue weighted by atomic mass is 10.1. The Hall–Kier alpha value is -0.820. The molecule has 0 aromatic heterocycles. The van der Waals surface area contributed by atoms with Crippen LogP contribution in [0.25, 0.3) is 0 Å². The molecule has 1 atom stereocenters. The zero-order valence-corrected chi connectivity index (χ0v) is 9.48. The van der Waals surface area contributed by atoms with Gasteiger partial charge >= 0.3 is 6.18 Å². The topological polar surface area (TPSA) is 50.4 Å². The number of alkyl halides is 3. The van der Waals surface area contributed by atoms with E-state index in [0.29, 0.717) is 13.0 Å². The van der Waals surface area contributed by atoms with Gasteiger partial charge < -0.3 is 15.4 Å². The number of hydrogen-bond acceptors (Lipinski definition) is 3. The maximum absolute atomic E-state index is 11.7. The van der Waals surface area contributed by atoms with Gasteiger partial charge in [-0.3, -0.25) is 4.79 Å². The van der Waals surface area contributed by atoms with Crippen LogP contribution in [0.15, 0.2) is 0 Å². The first kappa shape index (κ1) is 14.2. The van der Waals surface area contributed by atoms with Gasteiger partial charge in [0.05, 0.1) is 12.6 Å². The van der Waals surface area contributed by atoms with Crippen molar-refractivity contribution in [1.82, 2.24) is 10.6 Å². The number of rotatable bonds is 5. The molecule has 1 aliphatic rings. The molecule has 4 nitrogen and oxygen atoms in total. The second-order valence-corrected chi connectivity index (χ2v) is 3.96. The average molecular weight is 254 g/mol. The van der Waals surface area contributed by atoms with Crippen molar-refractivity contribution in [2.45, 2.75) is 31.5 Å². The molecule has 0 saturated carbocycles. The molecule has 1 fully saturated rings. The molecule has 0 radical (unpaired) electrons. The first-order chi connectivity index (χ1) is 7.99. The highest BCUT2D eigenvalue weighted by atomic mass is 19.4. The monoisotopic (exact) mass is 254 g/mol. The van der Waals surface area contributed by atoms with E-state index in [1.54, 1.807) is 0 Å². The van der Waals surface area contributed by atoms with Crippen LogP contribution >= 0.6 is 0 Å². The van der Waals surface area contributed by atoms with E-state index in [1.807, 2.05) is 0 Å². The molecule has 1 rings (SSSR count). The maximum Gasteiger partial charge on any atom is 0.411 e. The molecular weight excluding hydrogens is 237 g/mol. The highest BCUT2D eigenvalue weighted by Crippen LogP contribution is 2.14. The lowest BCUT2D eigenvalue weighted by Crippen LogP contribution is -2.44. The molecule has 0 aliphatic carbocycles. The number of carbonyl (C=O) groups excluding carboxylic acids is 1. The Labute approximate surface area is 97.9 Å². The molecule has 1 unspecified atom stereocenters. The van der Waals surface area contributed by atoms with Crippen LogP contribution in [0.4, 0.5) is 13.2 Å². The van der Waals surface area contributed by atoms with E-state index in [4.69, 9.17) is 0 Å². The van der Waals surface area contributed by atoms with E-state index in [0.717, 1.165) is 12.8 Å². The van der Waals surface area contributed by atoms with E-state index in [9.17, 15) is 18.0 Å². The minimum Gasteiger partial charge on any atom is -0.371 e. The molecule has 17 heavy (non-hydrogen) atoms. The van der Waals surface area contributed by atoms with Crippen molar-refractivity contribution >= 4 is 5.91 Å². The van der Waals surface area contributed by atoms with Crippen LogP contribution in [0.3, 0.4) is 0 Å². The van der Waals surface area contributed by atoms with Crippen LogP contribution in [0.1, 0.15) is 19.3 Å². The van der Waals surface area contributed by atoms with Crippen LogP contribution in [0.5, 0.6) is 0 Å². The number of ether oxygens (including phenoxy) is 1. The number of carbonyl (C=O) groups is 1. The molecule has 2 N–H and O–H groups in total. The number of amides is 1. The zero-order valence-electron chi connectivity index (χ0n) is 9.48. The van der Waals surface area contributed by atoms with E-state index < -0.39 is 12.8 Å². The second-order valence-electron chi connectivity index (χ2n) is 3.96. The highest BCUT2D eigenvalue weighted by Gasteiger charge is 2.27. The normalized spacial score (nSPS) is 22.1. The van der Waals surface area contributed by atoms with Gasteiger partial charge in [-0.2, -0.15) is 13.2 Å². The summed E-state index contributed by atoms with van der Waals surface area (Å²) in [5.41, 5.74) is 0. The van der Waals surface area contributed by atoms with Crippen LogP contribution in [0, 0.1) is 0 Å². The summed E-state index contributed by atoms with van der Waals surface area (Å²) in [7, 11) is 0. The van der Waals surface area contributed by atoms with Crippen molar-refractivity contribution in [3.63, 3.8) is 0 Å². The third-order valence-electron chi connectivity index (χ3n) is 2.44. The van der Waals surface area contributed by atoms with Crippen molar-refractivity contribution < 1.29 is 22.7 Å². The molecule has 0 aromatic carbocycles. The molecule has 0 spiro atoms. The van der Waals surface area contributed by atoms with Gasteiger partial charge in [0.1, 0.15) is 6.61 Å². The van der Waals surface area contributed by atoms with Crippen molar-refractivity contribution in [2.75, 3.05) is 26.3 Å². The summed E-state index contributed by atoms with van der Waals surface area (Å²) in [4.78, 5) is 11.4. The SMILES string of the molecule is O=C1NCCCCC1NCCOCC(F)(F)F. The quantitative estimate of drug-likeness (QED) is 0.714. The number of nitrogens with one attached hydrogen (secondary N) is 2.